The van der Waals surface area contributed by atoms with Crippen LogP contribution in [0.25, 0.3) is 23.1 Å². The highest BCUT2D eigenvalue weighted by Gasteiger charge is 2.31. The lowest BCUT2D eigenvalue weighted by Gasteiger charge is -2.09. The monoisotopic (exact) mass is 431 g/mol. The van der Waals surface area contributed by atoms with Gasteiger partial charge in [-0.3, -0.25) is 0 Å². The first-order valence-corrected chi connectivity index (χ1v) is 11.2. The molecule has 1 saturated heterocycles. The average Bonchev–Trinajstić information content (AvgIpc) is 3.17. The van der Waals surface area contributed by atoms with Crippen molar-refractivity contribution < 1.29 is 18.3 Å². The standard InChI is InChI=1S/C20H18ClN3O4S/c1-12-15(19(21)24(23-12)14-8-9-29(27,28)11-14)7-6-13-10-17(20(25)26)16-4-2-3-5-18(16)22-13/h2-7,10,14H,8-9,11H2,1H3,(H,25,26)/b7-6+. The number of benzene rings is 1. The lowest BCUT2D eigenvalue weighted by atomic mass is 10.1. The van der Waals surface area contributed by atoms with Crippen molar-refractivity contribution in [3.63, 3.8) is 0 Å². The molecule has 0 aliphatic carbocycles. The first-order chi connectivity index (χ1) is 13.7. The Morgan fingerprint density at radius 3 is 2.76 bits per heavy atom. The van der Waals surface area contributed by atoms with Gasteiger partial charge in [0, 0.05) is 10.9 Å². The molecule has 1 aliphatic heterocycles. The van der Waals surface area contributed by atoms with Crippen molar-refractivity contribution >= 4 is 50.5 Å². The lowest BCUT2D eigenvalue weighted by Crippen LogP contribution is -2.12. The van der Waals surface area contributed by atoms with E-state index in [2.05, 4.69) is 10.1 Å². The van der Waals surface area contributed by atoms with Crippen LogP contribution in [0, 0.1) is 6.92 Å². The number of aromatic nitrogens is 3. The second-order valence-electron chi connectivity index (χ2n) is 7.04. The zero-order valence-electron chi connectivity index (χ0n) is 15.5. The summed E-state index contributed by atoms with van der Waals surface area (Å²) in [6.45, 7) is 1.79. The Morgan fingerprint density at radius 1 is 1.31 bits per heavy atom. The molecular weight excluding hydrogens is 414 g/mol. The van der Waals surface area contributed by atoms with Crippen LogP contribution in [0.1, 0.15) is 39.8 Å². The van der Waals surface area contributed by atoms with Crippen molar-refractivity contribution in [1.29, 1.82) is 0 Å². The first-order valence-electron chi connectivity index (χ1n) is 9.01. The van der Waals surface area contributed by atoms with Gasteiger partial charge in [-0.1, -0.05) is 29.8 Å². The molecule has 0 saturated carbocycles. The van der Waals surface area contributed by atoms with Crippen molar-refractivity contribution in [2.75, 3.05) is 11.5 Å². The van der Waals surface area contributed by atoms with E-state index in [1.807, 2.05) is 0 Å². The summed E-state index contributed by atoms with van der Waals surface area (Å²) in [6.07, 6.45) is 3.90. The van der Waals surface area contributed by atoms with E-state index in [1.165, 1.54) is 6.07 Å². The van der Waals surface area contributed by atoms with Gasteiger partial charge in [0.25, 0.3) is 0 Å². The number of carboxylic acid groups (broad SMARTS) is 1. The van der Waals surface area contributed by atoms with Crippen LogP contribution in [-0.4, -0.2) is 45.8 Å². The van der Waals surface area contributed by atoms with E-state index in [-0.39, 0.29) is 23.1 Å². The quantitative estimate of drug-likeness (QED) is 0.676. The second-order valence-corrected chi connectivity index (χ2v) is 9.63. The molecule has 0 radical (unpaired) electrons. The van der Waals surface area contributed by atoms with Gasteiger partial charge >= 0.3 is 5.97 Å². The summed E-state index contributed by atoms with van der Waals surface area (Å²) in [5, 5.41) is 14.9. The van der Waals surface area contributed by atoms with Gasteiger partial charge in [0.05, 0.1) is 40.0 Å². The molecular formula is C20H18ClN3O4S. The van der Waals surface area contributed by atoms with Gasteiger partial charge in [-0.15, -0.1) is 0 Å². The number of sulfone groups is 1. The van der Waals surface area contributed by atoms with Crippen molar-refractivity contribution in [3.05, 3.63) is 58.0 Å². The number of hydrogen-bond acceptors (Lipinski definition) is 5. The first kappa shape index (κ1) is 19.6. The fraction of sp³-hybridized carbons (Fsp3) is 0.250. The number of nitrogens with zero attached hydrogens (tertiary/aromatic N) is 3. The van der Waals surface area contributed by atoms with Crippen LogP contribution in [0.4, 0.5) is 0 Å². The number of halogens is 1. The normalized spacial score (nSPS) is 18.6. The SMILES string of the molecule is Cc1nn(C2CCS(=O)(=O)C2)c(Cl)c1/C=C/c1cc(C(=O)O)c2ccccc2n1. The number of carboxylic acids is 1. The fourth-order valence-corrected chi connectivity index (χ4v) is 5.63. The van der Waals surface area contributed by atoms with Crippen molar-refractivity contribution in [1.82, 2.24) is 14.8 Å². The molecule has 1 unspecified atom stereocenters. The molecule has 4 rings (SSSR count). The summed E-state index contributed by atoms with van der Waals surface area (Å²) in [4.78, 5) is 16.1. The van der Waals surface area contributed by atoms with E-state index in [0.29, 0.717) is 39.4 Å². The highest BCUT2D eigenvalue weighted by Crippen LogP contribution is 2.31. The number of fused-ring (bicyclic) bond motifs is 1. The third-order valence-electron chi connectivity index (χ3n) is 5.01. The minimum Gasteiger partial charge on any atom is -0.478 e. The number of rotatable bonds is 4. The summed E-state index contributed by atoms with van der Waals surface area (Å²) in [6, 6.07) is 8.29. The molecule has 1 atom stereocenters. The molecule has 0 bridgehead atoms. The molecule has 0 amide bonds. The Labute approximate surface area is 172 Å². The van der Waals surface area contributed by atoms with Crippen LogP contribution in [-0.2, 0) is 9.84 Å². The number of aryl methyl sites for hydroxylation is 1. The third-order valence-corrected chi connectivity index (χ3v) is 7.14. The van der Waals surface area contributed by atoms with Gasteiger partial charge in [0.15, 0.2) is 9.84 Å². The number of aromatic carboxylic acids is 1. The summed E-state index contributed by atoms with van der Waals surface area (Å²) in [5.41, 5.74) is 2.55. The van der Waals surface area contributed by atoms with E-state index < -0.39 is 15.8 Å². The summed E-state index contributed by atoms with van der Waals surface area (Å²) in [5.74, 6) is -0.856. The Kier molecular flexibility index (Phi) is 4.92. The van der Waals surface area contributed by atoms with E-state index in [0.717, 1.165) is 0 Å². The summed E-state index contributed by atoms with van der Waals surface area (Å²) < 4.78 is 25.1. The van der Waals surface area contributed by atoms with Crippen molar-refractivity contribution in [2.45, 2.75) is 19.4 Å². The zero-order valence-corrected chi connectivity index (χ0v) is 17.1. The van der Waals surface area contributed by atoms with Gasteiger partial charge in [0.2, 0.25) is 0 Å². The maximum Gasteiger partial charge on any atom is 0.336 e. The van der Waals surface area contributed by atoms with Crippen molar-refractivity contribution in [3.8, 4) is 0 Å². The number of para-hydroxylation sites is 1. The zero-order chi connectivity index (χ0) is 20.8. The van der Waals surface area contributed by atoms with Crippen LogP contribution in [0.5, 0.6) is 0 Å². The molecule has 0 spiro atoms. The molecule has 3 aromatic rings. The minimum atomic E-state index is -3.06. The van der Waals surface area contributed by atoms with Crippen LogP contribution in [0.15, 0.2) is 30.3 Å². The van der Waals surface area contributed by atoms with Gasteiger partial charge in [-0.25, -0.2) is 22.9 Å². The fourth-order valence-electron chi connectivity index (χ4n) is 3.56. The molecule has 150 valence electrons. The van der Waals surface area contributed by atoms with Gasteiger partial charge in [0.1, 0.15) is 5.15 Å². The van der Waals surface area contributed by atoms with Gasteiger partial charge in [-0.05, 0) is 37.6 Å². The Morgan fingerprint density at radius 2 is 2.07 bits per heavy atom. The number of carbonyl (C=O) groups is 1. The average molecular weight is 432 g/mol. The predicted molar refractivity (Wildman–Crippen MR) is 112 cm³/mol. The van der Waals surface area contributed by atoms with Crippen LogP contribution in [0.2, 0.25) is 5.15 Å². The molecule has 3 heterocycles. The largest absolute Gasteiger partial charge is 0.478 e. The van der Waals surface area contributed by atoms with Crippen LogP contribution < -0.4 is 0 Å². The number of pyridine rings is 1. The minimum absolute atomic E-state index is 0.0329. The summed E-state index contributed by atoms with van der Waals surface area (Å²) in [7, 11) is -3.06. The predicted octanol–water partition coefficient (Wildman–Crippen LogP) is 3.62. The molecule has 29 heavy (non-hydrogen) atoms. The topological polar surface area (TPSA) is 102 Å². The van der Waals surface area contributed by atoms with E-state index in [1.54, 1.807) is 48.0 Å². The lowest BCUT2D eigenvalue weighted by molar-refractivity contribution is 0.0699. The third kappa shape index (κ3) is 3.77. The highest BCUT2D eigenvalue weighted by molar-refractivity contribution is 7.91. The molecule has 2 aromatic heterocycles. The Balaban J connectivity index is 1.71. The Hall–Kier alpha value is -2.71. The molecule has 9 heteroatoms. The van der Waals surface area contributed by atoms with Gasteiger partial charge < -0.3 is 5.11 Å². The van der Waals surface area contributed by atoms with E-state index in [9.17, 15) is 18.3 Å². The van der Waals surface area contributed by atoms with E-state index >= 15 is 0 Å². The Bertz CT molecular complexity index is 1260. The smallest absolute Gasteiger partial charge is 0.336 e. The second kappa shape index (κ2) is 7.27. The molecule has 1 aromatic carbocycles. The summed E-state index contributed by atoms with van der Waals surface area (Å²) >= 11 is 6.49. The molecule has 7 nitrogen and oxygen atoms in total. The molecule has 1 fully saturated rings. The molecule has 1 N–H and O–H groups in total. The van der Waals surface area contributed by atoms with Gasteiger partial charge in [-0.2, -0.15) is 5.10 Å². The van der Waals surface area contributed by atoms with Crippen LogP contribution >= 0.6 is 11.6 Å². The maximum atomic E-state index is 11.8. The highest BCUT2D eigenvalue weighted by atomic mass is 35.5. The van der Waals surface area contributed by atoms with E-state index in [4.69, 9.17) is 11.6 Å². The maximum absolute atomic E-state index is 11.8. The molecule has 1 aliphatic rings. The van der Waals surface area contributed by atoms with Crippen molar-refractivity contribution in [2.24, 2.45) is 0 Å². The van der Waals surface area contributed by atoms with Crippen LogP contribution in [0.3, 0.4) is 0 Å². The number of hydrogen-bond donors (Lipinski definition) is 1.